The van der Waals surface area contributed by atoms with Crippen molar-refractivity contribution in [1.82, 2.24) is 15.3 Å². The molecule has 0 atom stereocenters. The van der Waals surface area contributed by atoms with Gasteiger partial charge in [0.15, 0.2) is 0 Å². The molecule has 26 heavy (non-hydrogen) atoms. The van der Waals surface area contributed by atoms with Gasteiger partial charge in [0.25, 0.3) is 0 Å². The smallest absolute Gasteiger partial charge is 0.239 e. The second-order valence-corrected chi connectivity index (χ2v) is 8.09. The molecule has 6 nitrogen and oxygen atoms in total. The number of piperidine rings is 1. The third-order valence-electron chi connectivity index (χ3n) is 6.17. The molecular weight excluding hydrogens is 326 g/mol. The molecule has 6 heteroatoms. The molecule has 1 saturated carbocycles. The van der Waals surface area contributed by atoms with Crippen molar-refractivity contribution in [1.29, 1.82) is 0 Å². The summed E-state index contributed by atoms with van der Waals surface area (Å²) in [5, 5.41) is 6.88. The summed E-state index contributed by atoms with van der Waals surface area (Å²) in [6.07, 6.45) is 10.2. The van der Waals surface area contributed by atoms with Crippen LogP contribution in [0.5, 0.6) is 0 Å². The van der Waals surface area contributed by atoms with Gasteiger partial charge >= 0.3 is 0 Å². The Bertz CT molecular complexity index is 660. The fourth-order valence-corrected chi connectivity index (χ4v) is 4.57. The molecule has 3 aliphatic rings. The Morgan fingerprint density at radius 1 is 1.27 bits per heavy atom. The zero-order valence-electron chi connectivity index (χ0n) is 16.1. The summed E-state index contributed by atoms with van der Waals surface area (Å²) >= 11 is 0. The van der Waals surface area contributed by atoms with Crippen LogP contribution in [-0.4, -0.2) is 41.0 Å². The maximum absolute atomic E-state index is 13.3. The van der Waals surface area contributed by atoms with E-state index in [1.165, 1.54) is 0 Å². The Balaban J connectivity index is 1.63. The average Bonchev–Trinajstić information content (AvgIpc) is 3.41. The van der Waals surface area contributed by atoms with E-state index < -0.39 is 0 Å². The van der Waals surface area contributed by atoms with Crippen LogP contribution in [0.15, 0.2) is 6.20 Å². The number of nitrogens with zero attached hydrogens (tertiary/aromatic N) is 3. The molecule has 1 aliphatic carbocycles. The van der Waals surface area contributed by atoms with Crippen LogP contribution in [-0.2, 0) is 10.2 Å². The van der Waals surface area contributed by atoms with Crippen LogP contribution in [0.4, 0.5) is 11.8 Å². The Kier molecular flexibility index (Phi) is 4.86. The van der Waals surface area contributed by atoms with Gasteiger partial charge in [0.1, 0.15) is 5.82 Å². The highest BCUT2D eigenvalue weighted by Crippen LogP contribution is 2.57. The summed E-state index contributed by atoms with van der Waals surface area (Å²) in [5.41, 5.74) is 0.762. The number of nitrogens with one attached hydrogen (secondary N) is 2. The first-order chi connectivity index (χ1) is 12.7. The quantitative estimate of drug-likeness (QED) is 0.785. The summed E-state index contributed by atoms with van der Waals surface area (Å²) in [6, 6.07) is 0.676. The number of amides is 1. The van der Waals surface area contributed by atoms with Gasteiger partial charge in [0.05, 0.1) is 5.41 Å². The van der Waals surface area contributed by atoms with Gasteiger partial charge in [-0.3, -0.25) is 9.69 Å². The highest BCUT2D eigenvalue weighted by Gasteiger charge is 2.61. The summed E-state index contributed by atoms with van der Waals surface area (Å²) < 4.78 is 0. The second-order valence-electron chi connectivity index (χ2n) is 8.09. The first-order valence-corrected chi connectivity index (χ1v) is 10.4. The minimum Gasteiger partial charge on any atom is -0.351 e. The van der Waals surface area contributed by atoms with E-state index in [9.17, 15) is 4.79 Å². The van der Waals surface area contributed by atoms with Gasteiger partial charge in [-0.2, -0.15) is 4.98 Å². The number of carbonyl (C=O) groups is 1. The van der Waals surface area contributed by atoms with Gasteiger partial charge in [0, 0.05) is 23.8 Å². The largest absolute Gasteiger partial charge is 0.351 e. The van der Waals surface area contributed by atoms with Crippen molar-refractivity contribution in [2.45, 2.75) is 82.7 Å². The minimum atomic E-state index is -0.303. The van der Waals surface area contributed by atoms with Crippen molar-refractivity contribution in [2.75, 3.05) is 23.3 Å². The average molecular weight is 358 g/mol. The molecule has 0 aromatic carbocycles. The summed E-state index contributed by atoms with van der Waals surface area (Å²) in [5.74, 6) is 1.83. The van der Waals surface area contributed by atoms with E-state index in [1.807, 2.05) is 11.1 Å². The molecule has 2 N–H and O–H groups in total. The summed E-state index contributed by atoms with van der Waals surface area (Å²) in [7, 11) is 0. The van der Waals surface area contributed by atoms with Crippen molar-refractivity contribution in [2.24, 2.45) is 0 Å². The van der Waals surface area contributed by atoms with Crippen LogP contribution in [0.25, 0.3) is 0 Å². The molecule has 1 amide bonds. The molecule has 2 aliphatic heterocycles. The zero-order chi connectivity index (χ0) is 18.1. The van der Waals surface area contributed by atoms with Crippen molar-refractivity contribution in [3.63, 3.8) is 0 Å². The molecule has 2 fully saturated rings. The van der Waals surface area contributed by atoms with Crippen molar-refractivity contribution in [3.05, 3.63) is 11.8 Å². The van der Waals surface area contributed by atoms with Gasteiger partial charge in [-0.25, -0.2) is 4.98 Å². The molecule has 4 rings (SSSR count). The Hall–Kier alpha value is -1.69. The van der Waals surface area contributed by atoms with Crippen molar-refractivity contribution < 1.29 is 4.79 Å². The minimum absolute atomic E-state index is 0.262. The van der Waals surface area contributed by atoms with E-state index in [0.717, 1.165) is 75.8 Å². The number of hydrogen-bond acceptors (Lipinski definition) is 5. The topological polar surface area (TPSA) is 70.2 Å². The molecular formula is C20H31N5O. The van der Waals surface area contributed by atoms with Crippen LogP contribution in [0.3, 0.4) is 0 Å². The molecule has 3 heterocycles. The number of carbonyl (C=O) groups excluding carboxylic acids is 1. The summed E-state index contributed by atoms with van der Waals surface area (Å²) in [4.78, 5) is 24.7. The Morgan fingerprint density at radius 3 is 2.58 bits per heavy atom. The van der Waals surface area contributed by atoms with Crippen molar-refractivity contribution in [3.8, 4) is 0 Å². The van der Waals surface area contributed by atoms with Crippen LogP contribution in [0.2, 0.25) is 0 Å². The molecule has 1 spiro atoms. The SMILES string of the molecule is CCCC(CCC)N1C(=O)C2(CC2)c2cnc(NC3CCNCC3)nc21. The first kappa shape index (κ1) is 17.7. The van der Waals surface area contributed by atoms with Crippen LogP contribution in [0, 0.1) is 0 Å². The van der Waals surface area contributed by atoms with Crippen LogP contribution < -0.4 is 15.5 Å². The van der Waals surface area contributed by atoms with Gasteiger partial charge in [-0.1, -0.05) is 26.7 Å². The fraction of sp³-hybridized carbons (Fsp3) is 0.750. The fourth-order valence-electron chi connectivity index (χ4n) is 4.57. The maximum atomic E-state index is 13.3. The Morgan fingerprint density at radius 2 is 1.96 bits per heavy atom. The third-order valence-corrected chi connectivity index (χ3v) is 6.17. The monoisotopic (exact) mass is 357 g/mol. The van der Waals surface area contributed by atoms with Crippen molar-refractivity contribution >= 4 is 17.7 Å². The molecule has 0 unspecified atom stereocenters. The van der Waals surface area contributed by atoms with E-state index >= 15 is 0 Å². The lowest BCUT2D eigenvalue weighted by molar-refractivity contribution is -0.120. The van der Waals surface area contributed by atoms with Crippen LogP contribution >= 0.6 is 0 Å². The number of hydrogen-bond donors (Lipinski definition) is 2. The van der Waals surface area contributed by atoms with Gasteiger partial charge in [-0.05, 0) is 51.6 Å². The van der Waals surface area contributed by atoms with Gasteiger partial charge in [0.2, 0.25) is 11.9 Å². The van der Waals surface area contributed by atoms with Crippen LogP contribution in [0.1, 0.15) is 70.8 Å². The van der Waals surface area contributed by atoms with E-state index in [0.29, 0.717) is 12.0 Å². The zero-order valence-corrected chi connectivity index (χ0v) is 16.1. The Labute approximate surface area is 156 Å². The molecule has 142 valence electrons. The lowest BCUT2D eigenvalue weighted by atomic mass is 10.0. The molecule has 0 bridgehead atoms. The summed E-state index contributed by atoms with van der Waals surface area (Å²) in [6.45, 7) is 6.46. The second kappa shape index (κ2) is 7.14. The molecule has 1 aromatic heterocycles. The third kappa shape index (κ3) is 2.98. The number of anilines is 2. The van der Waals surface area contributed by atoms with E-state index in [1.54, 1.807) is 0 Å². The van der Waals surface area contributed by atoms with Gasteiger partial charge < -0.3 is 10.6 Å². The molecule has 0 radical (unpaired) electrons. The predicted octanol–water partition coefficient (Wildman–Crippen LogP) is 2.99. The molecule has 1 aromatic rings. The highest BCUT2D eigenvalue weighted by molar-refractivity contribution is 6.09. The number of rotatable bonds is 7. The molecule has 1 saturated heterocycles. The van der Waals surface area contributed by atoms with E-state index in [2.05, 4.69) is 29.5 Å². The number of aromatic nitrogens is 2. The normalized spacial score (nSPS) is 21.5. The predicted molar refractivity (Wildman–Crippen MR) is 104 cm³/mol. The maximum Gasteiger partial charge on any atom is 0.239 e. The number of fused-ring (bicyclic) bond motifs is 2. The lowest BCUT2D eigenvalue weighted by Gasteiger charge is -2.28. The van der Waals surface area contributed by atoms with Gasteiger partial charge in [-0.15, -0.1) is 0 Å². The first-order valence-electron chi connectivity index (χ1n) is 10.4. The lowest BCUT2D eigenvalue weighted by Crippen LogP contribution is -2.41. The van der Waals surface area contributed by atoms with E-state index in [-0.39, 0.29) is 17.4 Å². The standard InChI is InChI=1S/C20H31N5O/c1-3-5-15(6-4-2)25-17-16(20(9-10-20)18(25)26)13-22-19(24-17)23-14-7-11-21-12-8-14/h13-15,21H,3-12H2,1-2H3,(H,22,23,24). The highest BCUT2D eigenvalue weighted by atomic mass is 16.2. The van der Waals surface area contributed by atoms with E-state index in [4.69, 9.17) is 4.98 Å².